The van der Waals surface area contributed by atoms with Crippen molar-refractivity contribution in [3.63, 3.8) is 0 Å². The van der Waals surface area contributed by atoms with Crippen LogP contribution in [0, 0.1) is 5.92 Å². The molecule has 26 heavy (non-hydrogen) atoms. The fourth-order valence-electron chi connectivity index (χ4n) is 2.85. The van der Waals surface area contributed by atoms with Gasteiger partial charge in [0, 0.05) is 22.3 Å². The maximum Gasteiger partial charge on any atom is 0.416 e. The predicted molar refractivity (Wildman–Crippen MR) is 98.9 cm³/mol. The first-order valence-electron chi connectivity index (χ1n) is 8.32. The van der Waals surface area contributed by atoms with E-state index in [9.17, 15) is 19.2 Å². The molecule has 1 atom stereocenters. The van der Waals surface area contributed by atoms with Gasteiger partial charge >= 0.3 is 6.09 Å². The van der Waals surface area contributed by atoms with E-state index >= 15 is 0 Å². The van der Waals surface area contributed by atoms with Crippen LogP contribution in [-0.4, -0.2) is 60.2 Å². The standard InChI is InChI=1S/C16H24ClN3O5S/c1-16(2,3)25-15(23)20(13-12(22)8-18-14(17)19-13)11(9-21)10-4-6-26(24)7-5-10/h8,10-11,21-22H,4-7,9H2,1-3H3. The first-order valence-corrected chi connectivity index (χ1v) is 10.2. The van der Waals surface area contributed by atoms with Crippen molar-refractivity contribution in [3.8, 4) is 5.75 Å². The Balaban J connectivity index is 2.42. The maximum atomic E-state index is 12.8. The predicted octanol–water partition coefficient (Wildman–Crippen LogP) is 2.10. The van der Waals surface area contributed by atoms with E-state index in [-0.39, 0.29) is 29.4 Å². The second-order valence-electron chi connectivity index (χ2n) is 7.13. The van der Waals surface area contributed by atoms with E-state index in [1.807, 2.05) is 0 Å². The topological polar surface area (TPSA) is 113 Å². The van der Waals surface area contributed by atoms with Gasteiger partial charge in [-0.1, -0.05) is 0 Å². The zero-order valence-corrected chi connectivity index (χ0v) is 16.6. The molecule has 0 bridgehead atoms. The van der Waals surface area contributed by atoms with Gasteiger partial charge in [0.15, 0.2) is 11.6 Å². The third kappa shape index (κ3) is 5.28. The van der Waals surface area contributed by atoms with Gasteiger partial charge in [0.1, 0.15) is 5.60 Å². The van der Waals surface area contributed by atoms with Crippen LogP contribution < -0.4 is 4.90 Å². The quantitative estimate of drug-likeness (QED) is 0.737. The van der Waals surface area contributed by atoms with E-state index in [2.05, 4.69) is 9.97 Å². The molecule has 2 rings (SSSR count). The summed E-state index contributed by atoms with van der Waals surface area (Å²) in [4.78, 5) is 21.6. The summed E-state index contributed by atoms with van der Waals surface area (Å²) in [5.74, 6) is 0.418. The van der Waals surface area contributed by atoms with Crippen molar-refractivity contribution in [2.45, 2.75) is 45.3 Å². The second-order valence-corrected chi connectivity index (χ2v) is 9.17. The molecule has 0 aromatic carbocycles. The summed E-state index contributed by atoms with van der Waals surface area (Å²) in [7, 11) is -0.884. The van der Waals surface area contributed by atoms with Crippen molar-refractivity contribution in [2.24, 2.45) is 5.92 Å². The van der Waals surface area contributed by atoms with Gasteiger partial charge < -0.3 is 14.9 Å². The highest BCUT2D eigenvalue weighted by Crippen LogP contribution is 2.33. The van der Waals surface area contributed by atoms with Gasteiger partial charge in [-0.2, -0.15) is 4.98 Å². The van der Waals surface area contributed by atoms with Gasteiger partial charge in [-0.25, -0.2) is 9.78 Å². The van der Waals surface area contributed by atoms with Crippen molar-refractivity contribution in [3.05, 3.63) is 11.5 Å². The summed E-state index contributed by atoms with van der Waals surface area (Å²) in [6.45, 7) is 4.78. The number of carbonyl (C=O) groups is 1. The molecule has 2 N–H and O–H groups in total. The molecule has 1 aliphatic rings. The molecule has 1 unspecified atom stereocenters. The Morgan fingerprint density at radius 3 is 2.62 bits per heavy atom. The number of carbonyl (C=O) groups excluding carboxylic acids is 1. The second kappa shape index (κ2) is 8.49. The molecule has 146 valence electrons. The summed E-state index contributed by atoms with van der Waals surface area (Å²) < 4.78 is 17.1. The van der Waals surface area contributed by atoms with Gasteiger partial charge in [-0.3, -0.25) is 9.11 Å². The molecular weight excluding hydrogens is 382 g/mol. The smallest absolute Gasteiger partial charge is 0.416 e. The monoisotopic (exact) mass is 405 g/mol. The number of aliphatic hydroxyl groups is 1. The van der Waals surface area contributed by atoms with Crippen molar-refractivity contribution in [1.29, 1.82) is 0 Å². The molecule has 1 saturated heterocycles. The molecule has 1 aliphatic heterocycles. The largest absolute Gasteiger partial charge is 0.503 e. The molecule has 2 heterocycles. The Hall–Kier alpha value is -1.45. The zero-order chi connectivity index (χ0) is 19.5. The Bertz CT molecular complexity index is 672. The van der Waals surface area contributed by atoms with Gasteiger partial charge in [-0.15, -0.1) is 0 Å². The minimum absolute atomic E-state index is 0.113. The first kappa shape index (κ1) is 20.9. The van der Waals surface area contributed by atoms with Crippen LogP contribution in [0.1, 0.15) is 33.6 Å². The number of nitrogens with zero attached hydrogens (tertiary/aromatic N) is 3. The number of aromatic hydroxyl groups is 1. The number of aliphatic hydroxyl groups excluding tert-OH is 1. The molecule has 0 aliphatic carbocycles. The van der Waals surface area contributed by atoms with Crippen LogP contribution in [0.2, 0.25) is 5.28 Å². The average molecular weight is 406 g/mol. The fourth-order valence-corrected chi connectivity index (χ4v) is 4.32. The number of hydrogen-bond donors (Lipinski definition) is 2. The third-order valence-corrected chi connectivity index (χ3v) is 5.60. The minimum Gasteiger partial charge on any atom is -0.503 e. The summed E-state index contributed by atoms with van der Waals surface area (Å²) in [5.41, 5.74) is -0.782. The van der Waals surface area contributed by atoms with E-state index in [4.69, 9.17) is 16.3 Å². The van der Waals surface area contributed by atoms with Crippen LogP contribution in [0.5, 0.6) is 5.75 Å². The lowest BCUT2D eigenvalue weighted by Gasteiger charge is -2.37. The summed E-state index contributed by atoms with van der Waals surface area (Å²) in [6, 6.07) is -0.695. The van der Waals surface area contributed by atoms with E-state index in [0.29, 0.717) is 24.3 Å². The highest BCUT2D eigenvalue weighted by atomic mass is 35.5. The average Bonchev–Trinajstić information content (AvgIpc) is 2.54. The molecular formula is C16H24ClN3O5S. The van der Waals surface area contributed by atoms with Gasteiger partial charge in [0.2, 0.25) is 5.28 Å². The highest BCUT2D eigenvalue weighted by Gasteiger charge is 2.38. The SMILES string of the molecule is CC(C)(C)OC(=O)N(c1nc(Cl)ncc1O)C(CO)C1CCS(=O)CC1. The lowest BCUT2D eigenvalue weighted by molar-refractivity contribution is 0.0527. The van der Waals surface area contributed by atoms with Gasteiger partial charge in [0.25, 0.3) is 0 Å². The fraction of sp³-hybridized carbons (Fsp3) is 0.688. The van der Waals surface area contributed by atoms with E-state index < -0.39 is 28.5 Å². The Labute approximate surface area is 160 Å². The summed E-state index contributed by atoms with van der Waals surface area (Å²) in [6.07, 6.45) is 1.49. The van der Waals surface area contributed by atoms with Crippen LogP contribution in [0.25, 0.3) is 0 Å². The lowest BCUT2D eigenvalue weighted by Crippen LogP contribution is -2.50. The van der Waals surface area contributed by atoms with Gasteiger partial charge in [0.05, 0.1) is 18.8 Å². The van der Waals surface area contributed by atoms with E-state index in [1.54, 1.807) is 20.8 Å². The third-order valence-electron chi connectivity index (χ3n) is 4.03. The molecule has 1 aromatic heterocycles. The van der Waals surface area contributed by atoms with Crippen molar-refractivity contribution in [2.75, 3.05) is 23.0 Å². The Kier molecular flexibility index (Phi) is 6.81. The van der Waals surface area contributed by atoms with Gasteiger partial charge in [-0.05, 0) is 51.1 Å². The number of hydrogen-bond acceptors (Lipinski definition) is 7. The summed E-state index contributed by atoms with van der Waals surface area (Å²) >= 11 is 5.84. The molecule has 0 spiro atoms. The molecule has 0 saturated carbocycles. The molecule has 1 aromatic rings. The minimum atomic E-state index is -0.884. The number of rotatable bonds is 4. The van der Waals surface area contributed by atoms with E-state index in [1.165, 1.54) is 0 Å². The van der Waals surface area contributed by atoms with Crippen LogP contribution in [0.15, 0.2) is 6.20 Å². The molecule has 0 radical (unpaired) electrons. The van der Waals surface area contributed by atoms with E-state index in [0.717, 1.165) is 11.1 Å². The molecule has 1 amide bonds. The first-order chi connectivity index (χ1) is 12.1. The van der Waals surface area contributed by atoms with Crippen molar-refractivity contribution >= 4 is 34.3 Å². The van der Waals surface area contributed by atoms with Crippen molar-refractivity contribution < 1.29 is 24.0 Å². The molecule has 1 fully saturated rings. The number of amides is 1. The number of anilines is 1. The number of halogens is 1. The Morgan fingerprint density at radius 1 is 1.46 bits per heavy atom. The highest BCUT2D eigenvalue weighted by molar-refractivity contribution is 7.85. The summed E-state index contributed by atoms with van der Waals surface area (Å²) in [5, 5.41) is 20.0. The zero-order valence-electron chi connectivity index (χ0n) is 15.0. The Morgan fingerprint density at radius 2 is 2.08 bits per heavy atom. The maximum absolute atomic E-state index is 12.8. The molecule has 8 nitrogen and oxygen atoms in total. The van der Waals surface area contributed by atoms with Crippen molar-refractivity contribution in [1.82, 2.24) is 9.97 Å². The molecule has 10 heteroatoms. The number of ether oxygens (including phenoxy) is 1. The van der Waals surface area contributed by atoms with Crippen LogP contribution in [0.4, 0.5) is 10.6 Å². The number of aromatic nitrogens is 2. The van der Waals surface area contributed by atoms with Crippen LogP contribution in [0.3, 0.4) is 0 Å². The lowest BCUT2D eigenvalue weighted by atomic mass is 9.93. The van der Waals surface area contributed by atoms with Crippen LogP contribution >= 0.6 is 11.6 Å². The normalized spacial score (nSPS) is 21.9. The van der Waals surface area contributed by atoms with Crippen LogP contribution in [-0.2, 0) is 15.5 Å².